The van der Waals surface area contributed by atoms with Crippen LogP contribution in [0.4, 0.5) is 0 Å². The molecule has 2 aromatic rings. The van der Waals surface area contributed by atoms with Gasteiger partial charge in [0, 0.05) is 22.7 Å². The molecule has 2 aromatic carbocycles. The van der Waals surface area contributed by atoms with Crippen molar-refractivity contribution in [2.45, 2.75) is 24.3 Å². The van der Waals surface area contributed by atoms with Crippen LogP contribution < -0.4 is 0 Å². The highest BCUT2D eigenvalue weighted by atomic mass is 79.9. The number of ether oxygens (including phenoxy) is 1. The fraction of sp³-hybridized carbons (Fsp3) is 0.280. The Morgan fingerprint density at radius 3 is 2.84 bits per heavy atom. The van der Waals surface area contributed by atoms with E-state index in [1.54, 1.807) is 17.8 Å². The summed E-state index contributed by atoms with van der Waals surface area (Å²) < 4.78 is 6.50. The molecule has 1 fully saturated rings. The average Bonchev–Trinajstić information content (AvgIpc) is 3.42. The monoisotopic (exact) mass is 493 g/mol. The van der Waals surface area contributed by atoms with E-state index in [0.717, 1.165) is 28.6 Å². The third-order valence-electron chi connectivity index (χ3n) is 6.56. The summed E-state index contributed by atoms with van der Waals surface area (Å²) in [5.41, 5.74) is 4.08. The van der Waals surface area contributed by atoms with Crippen molar-refractivity contribution in [1.29, 1.82) is 0 Å². The molecule has 0 spiro atoms. The van der Waals surface area contributed by atoms with Crippen LogP contribution in [-0.4, -0.2) is 35.2 Å². The molecule has 3 atom stereocenters. The molecule has 0 saturated carbocycles. The van der Waals surface area contributed by atoms with E-state index in [0.29, 0.717) is 6.54 Å². The summed E-state index contributed by atoms with van der Waals surface area (Å²) in [4.78, 5) is 28.0. The molecular formula is C25H20BrNO3S. The number of nitrogens with zero attached hydrogens (tertiary/aromatic N) is 1. The molecule has 1 amide bonds. The average molecular weight is 494 g/mol. The van der Waals surface area contributed by atoms with Gasteiger partial charge in [-0.1, -0.05) is 58.4 Å². The number of hydrogen-bond donors (Lipinski definition) is 0. The number of fused-ring (bicyclic) bond motifs is 1. The number of allylic oxidation sites excluding steroid dienone is 2. The second-order valence-electron chi connectivity index (χ2n) is 8.31. The fourth-order valence-corrected chi connectivity index (χ4v) is 6.84. The molecule has 6 rings (SSSR count). The molecule has 31 heavy (non-hydrogen) atoms. The molecule has 2 aliphatic heterocycles. The predicted molar refractivity (Wildman–Crippen MR) is 126 cm³/mol. The minimum atomic E-state index is -0.529. The van der Waals surface area contributed by atoms with Crippen LogP contribution in [-0.2, 0) is 27.2 Å². The van der Waals surface area contributed by atoms with Crippen molar-refractivity contribution in [3.8, 4) is 0 Å². The lowest BCUT2D eigenvalue weighted by molar-refractivity contribution is -0.147. The van der Waals surface area contributed by atoms with Gasteiger partial charge in [-0.2, -0.15) is 0 Å². The second kappa shape index (κ2) is 7.38. The summed E-state index contributed by atoms with van der Waals surface area (Å²) in [6.07, 6.45) is 9.29. The Morgan fingerprint density at radius 1 is 1.13 bits per heavy atom. The third-order valence-corrected chi connectivity index (χ3v) is 8.33. The van der Waals surface area contributed by atoms with Gasteiger partial charge in [-0.05, 0) is 52.5 Å². The van der Waals surface area contributed by atoms with Crippen LogP contribution in [0.5, 0.6) is 0 Å². The zero-order valence-electron chi connectivity index (χ0n) is 16.7. The van der Waals surface area contributed by atoms with Crippen LogP contribution in [0.15, 0.2) is 64.7 Å². The van der Waals surface area contributed by atoms with E-state index in [9.17, 15) is 9.59 Å². The van der Waals surface area contributed by atoms with Gasteiger partial charge in [0.25, 0.3) is 5.91 Å². The fourth-order valence-electron chi connectivity index (χ4n) is 5.09. The number of carbonyl (C=O) groups is 2. The van der Waals surface area contributed by atoms with Crippen molar-refractivity contribution in [1.82, 2.24) is 4.90 Å². The number of rotatable bonds is 2. The van der Waals surface area contributed by atoms with E-state index < -0.39 is 5.97 Å². The van der Waals surface area contributed by atoms with Crippen LogP contribution in [0.2, 0.25) is 0 Å². The first-order valence-electron chi connectivity index (χ1n) is 10.5. The molecule has 4 aliphatic rings. The Morgan fingerprint density at radius 2 is 1.97 bits per heavy atom. The van der Waals surface area contributed by atoms with E-state index in [1.165, 1.54) is 21.9 Å². The minimum Gasteiger partial charge on any atom is -0.453 e. The molecule has 0 aromatic heterocycles. The van der Waals surface area contributed by atoms with Crippen molar-refractivity contribution in [3.63, 3.8) is 0 Å². The molecule has 0 N–H and O–H groups in total. The van der Waals surface area contributed by atoms with E-state index in [-0.39, 0.29) is 28.9 Å². The van der Waals surface area contributed by atoms with Gasteiger partial charge in [-0.3, -0.25) is 4.79 Å². The third kappa shape index (κ3) is 3.11. The zero-order chi connectivity index (χ0) is 21.1. The molecule has 2 heterocycles. The first-order valence-corrected chi connectivity index (χ1v) is 12.4. The summed E-state index contributed by atoms with van der Waals surface area (Å²) in [6, 6.07) is 10.9. The van der Waals surface area contributed by atoms with Crippen molar-refractivity contribution >= 4 is 50.3 Å². The first-order chi connectivity index (χ1) is 15.1. The van der Waals surface area contributed by atoms with Crippen molar-refractivity contribution in [2.24, 2.45) is 5.92 Å². The largest absolute Gasteiger partial charge is 0.453 e. The van der Waals surface area contributed by atoms with Gasteiger partial charge < -0.3 is 9.64 Å². The predicted octanol–water partition coefficient (Wildman–Crippen LogP) is 4.83. The number of aryl methyl sites for hydroxylation is 2. The summed E-state index contributed by atoms with van der Waals surface area (Å²) in [5.74, 6) is -0.0391. The van der Waals surface area contributed by atoms with Crippen LogP contribution in [0.25, 0.3) is 10.8 Å². The maximum Gasteiger partial charge on any atom is 0.344 e. The Balaban J connectivity index is 1.37. The van der Waals surface area contributed by atoms with Crippen LogP contribution in [0, 0.1) is 5.92 Å². The lowest BCUT2D eigenvalue weighted by Gasteiger charge is -2.31. The number of benzene rings is 2. The Hall–Kier alpha value is -2.31. The normalized spacial score (nSPS) is 26.5. The lowest BCUT2D eigenvalue weighted by Crippen LogP contribution is -2.39. The zero-order valence-corrected chi connectivity index (χ0v) is 19.1. The number of esters is 1. The van der Waals surface area contributed by atoms with Gasteiger partial charge in [0.05, 0.1) is 0 Å². The van der Waals surface area contributed by atoms with Gasteiger partial charge >= 0.3 is 5.97 Å². The lowest BCUT2D eigenvalue weighted by atomic mass is 9.92. The molecular weight excluding hydrogens is 474 g/mol. The first kappa shape index (κ1) is 19.4. The van der Waals surface area contributed by atoms with E-state index >= 15 is 0 Å². The van der Waals surface area contributed by atoms with E-state index in [1.807, 2.05) is 23.1 Å². The minimum absolute atomic E-state index is 0.0997. The quantitative estimate of drug-likeness (QED) is 0.444. The Bertz CT molecular complexity index is 1220. The SMILES string of the molecule is O=C1O[C@@H]2C=CC(Br)=C[C@H]2C=C1C(=O)N1CCS[C@H]1c1ccc2c3c(cccc13)CC2. The molecule has 0 radical (unpaired) electrons. The maximum atomic E-state index is 13.5. The number of amides is 1. The number of carbonyl (C=O) groups excluding carboxylic acids is 2. The molecule has 156 valence electrons. The summed E-state index contributed by atoms with van der Waals surface area (Å²) in [7, 11) is 0. The van der Waals surface area contributed by atoms with Gasteiger partial charge in [0.1, 0.15) is 17.1 Å². The molecule has 6 heteroatoms. The molecule has 1 saturated heterocycles. The number of hydrogen-bond acceptors (Lipinski definition) is 4. The van der Waals surface area contributed by atoms with Gasteiger partial charge in [0.15, 0.2) is 0 Å². The van der Waals surface area contributed by atoms with Gasteiger partial charge in [0.2, 0.25) is 0 Å². The molecule has 0 bridgehead atoms. The van der Waals surface area contributed by atoms with E-state index in [4.69, 9.17) is 4.74 Å². The van der Waals surface area contributed by atoms with Gasteiger partial charge in [-0.25, -0.2) is 4.79 Å². The standard InChI is InChI=1S/C25H20BrNO3S/c26-17-7-9-21-16(12-17)13-20(25(29)30-21)23(28)27-10-11-31-24(27)19-8-6-15-5-4-14-2-1-3-18(19)22(14)15/h1-3,6-9,12-13,16,21,24H,4-5,10-11H2/t16-,21+,24-/m0/s1. The number of halogens is 1. The van der Waals surface area contributed by atoms with Crippen LogP contribution in [0.1, 0.15) is 22.1 Å². The van der Waals surface area contributed by atoms with Gasteiger partial charge in [-0.15, -0.1) is 11.8 Å². The highest BCUT2D eigenvalue weighted by Crippen LogP contribution is 2.44. The Kier molecular flexibility index (Phi) is 4.62. The molecule has 0 unspecified atom stereocenters. The second-order valence-corrected chi connectivity index (χ2v) is 10.4. The van der Waals surface area contributed by atoms with E-state index in [2.05, 4.69) is 46.3 Å². The highest BCUT2D eigenvalue weighted by Gasteiger charge is 2.39. The number of thioether (sulfide) groups is 1. The Labute approximate surface area is 193 Å². The van der Waals surface area contributed by atoms with Crippen molar-refractivity contribution in [3.05, 3.63) is 81.4 Å². The summed E-state index contributed by atoms with van der Waals surface area (Å²) in [6.45, 7) is 0.620. The summed E-state index contributed by atoms with van der Waals surface area (Å²) >= 11 is 5.24. The van der Waals surface area contributed by atoms with Crippen LogP contribution >= 0.6 is 27.7 Å². The van der Waals surface area contributed by atoms with Crippen LogP contribution in [0.3, 0.4) is 0 Å². The van der Waals surface area contributed by atoms with Crippen molar-refractivity contribution in [2.75, 3.05) is 12.3 Å². The molecule has 2 aliphatic carbocycles. The topological polar surface area (TPSA) is 46.6 Å². The smallest absolute Gasteiger partial charge is 0.344 e. The summed E-state index contributed by atoms with van der Waals surface area (Å²) in [5, 5.41) is 2.48. The maximum absolute atomic E-state index is 13.5. The molecule has 4 nitrogen and oxygen atoms in total. The highest BCUT2D eigenvalue weighted by molar-refractivity contribution is 9.11. The van der Waals surface area contributed by atoms with Crippen molar-refractivity contribution < 1.29 is 14.3 Å².